The minimum absolute atomic E-state index is 0.0227. The molecule has 5 heteroatoms. The molecule has 2 N–H and O–H groups in total. The lowest BCUT2D eigenvalue weighted by atomic mass is 9.72. The van der Waals surface area contributed by atoms with Crippen molar-refractivity contribution in [3.63, 3.8) is 0 Å². The lowest BCUT2D eigenvalue weighted by Crippen LogP contribution is -2.38. The zero-order valence-corrected chi connectivity index (χ0v) is 15.5. The summed E-state index contributed by atoms with van der Waals surface area (Å²) >= 11 is 1.75. The summed E-state index contributed by atoms with van der Waals surface area (Å²) in [6, 6.07) is 3.84. The zero-order valence-electron chi connectivity index (χ0n) is 14.7. The van der Waals surface area contributed by atoms with Crippen LogP contribution in [-0.4, -0.2) is 5.91 Å². The Morgan fingerprint density at radius 1 is 1.25 bits per heavy atom. The molecule has 0 saturated heterocycles. The minimum Gasteiger partial charge on any atom is -0.462 e. The van der Waals surface area contributed by atoms with Crippen LogP contribution in [-0.2, 0) is 12.8 Å². The summed E-state index contributed by atoms with van der Waals surface area (Å²) in [7, 11) is 0. The molecule has 0 fully saturated rings. The van der Waals surface area contributed by atoms with Crippen LogP contribution in [0.25, 0.3) is 0 Å². The highest BCUT2D eigenvalue weighted by Crippen LogP contribution is 2.46. The highest BCUT2D eigenvalue weighted by Gasteiger charge is 2.36. The maximum atomic E-state index is 12.7. The van der Waals surface area contributed by atoms with E-state index in [4.69, 9.17) is 4.42 Å². The van der Waals surface area contributed by atoms with Gasteiger partial charge in [-0.15, -0.1) is 11.3 Å². The van der Waals surface area contributed by atoms with Gasteiger partial charge in [0.15, 0.2) is 6.17 Å². The summed E-state index contributed by atoms with van der Waals surface area (Å²) in [6.45, 7) is 8.86. The number of furan rings is 1. The largest absolute Gasteiger partial charge is 0.462 e. The van der Waals surface area contributed by atoms with Gasteiger partial charge in [0.05, 0.1) is 5.56 Å². The number of fused-ring (bicyclic) bond motifs is 3. The highest BCUT2D eigenvalue weighted by atomic mass is 32.1. The molecule has 0 bridgehead atoms. The maximum absolute atomic E-state index is 12.7. The number of aryl methyl sites for hydroxylation is 1. The molecular formula is C19H24N2O2S. The van der Waals surface area contributed by atoms with Crippen molar-refractivity contribution in [3.8, 4) is 0 Å². The fourth-order valence-electron chi connectivity index (χ4n) is 3.79. The molecule has 2 aromatic rings. The number of nitrogens with one attached hydrogen (secondary N) is 2. The van der Waals surface area contributed by atoms with E-state index in [0.29, 0.717) is 11.3 Å². The van der Waals surface area contributed by atoms with Crippen molar-refractivity contribution < 1.29 is 9.21 Å². The van der Waals surface area contributed by atoms with E-state index in [9.17, 15) is 4.79 Å². The van der Waals surface area contributed by atoms with Crippen molar-refractivity contribution in [1.82, 2.24) is 5.32 Å². The third kappa shape index (κ3) is 2.55. The van der Waals surface area contributed by atoms with E-state index < -0.39 is 0 Å². The molecule has 2 aromatic heterocycles. The summed E-state index contributed by atoms with van der Waals surface area (Å²) < 4.78 is 5.68. The summed E-state index contributed by atoms with van der Waals surface area (Å²) in [6.07, 6.45) is 2.96. The van der Waals surface area contributed by atoms with Gasteiger partial charge < -0.3 is 15.1 Å². The number of hydrogen-bond donors (Lipinski definition) is 2. The van der Waals surface area contributed by atoms with Gasteiger partial charge in [0.1, 0.15) is 16.5 Å². The van der Waals surface area contributed by atoms with Crippen LogP contribution >= 0.6 is 11.3 Å². The average molecular weight is 344 g/mol. The van der Waals surface area contributed by atoms with E-state index in [-0.39, 0.29) is 12.1 Å². The molecule has 3 heterocycles. The molecular weight excluding hydrogens is 320 g/mol. The van der Waals surface area contributed by atoms with Crippen LogP contribution in [0.4, 0.5) is 5.00 Å². The first-order valence-electron chi connectivity index (χ1n) is 8.61. The first-order valence-corrected chi connectivity index (χ1v) is 9.43. The Labute approximate surface area is 146 Å². The third-order valence-electron chi connectivity index (χ3n) is 5.31. The Balaban J connectivity index is 1.65. The molecule has 1 aliphatic heterocycles. The number of carbonyl (C=O) groups is 1. The fourth-order valence-corrected chi connectivity index (χ4v) is 5.14. The molecule has 2 atom stereocenters. The Kier molecular flexibility index (Phi) is 3.53. The normalized spacial score (nSPS) is 23.2. The SMILES string of the molecule is Cc1ccc([C@H]2NC(=O)c3c(sc4c3CC[C@@H](C(C)(C)C)C4)N2)o1. The van der Waals surface area contributed by atoms with Crippen LogP contribution in [0, 0.1) is 18.3 Å². The minimum atomic E-state index is -0.280. The number of thiophene rings is 1. The monoisotopic (exact) mass is 344 g/mol. The molecule has 0 radical (unpaired) electrons. The van der Waals surface area contributed by atoms with Crippen LogP contribution in [0.3, 0.4) is 0 Å². The van der Waals surface area contributed by atoms with Crippen LogP contribution in [0.15, 0.2) is 16.5 Å². The topological polar surface area (TPSA) is 54.3 Å². The number of amides is 1. The van der Waals surface area contributed by atoms with Crippen LogP contribution < -0.4 is 10.6 Å². The third-order valence-corrected chi connectivity index (χ3v) is 6.50. The number of anilines is 1. The molecule has 4 nitrogen and oxygen atoms in total. The van der Waals surface area contributed by atoms with E-state index >= 15 is 0 Å². The zero-order chi connectivity index (χ0) is 17.1. The summed E-state index contributed by atoms with van der Waals surface area (Å²) in [5, 5.41) is 7.50. The second-order valence-electron chi connectivity index (χ2n) is 8.01. The maximum Gasteiger partial charge on any atom is 0.256 e. The molecule has 4 rings (SSSR count). The number of hydrogen-bond acceptors (Lipinski definition) is 4. The van der Waals surface area contributed by atoms with Gasteiger partial charge in [-0.05, 0) is 55.2 Å². The van der Waals surface area contributed by atoms with E-state index in [0.717, 1.165) is 41.3 Å². The summed E-state index contributed by atoms with van der Waals surface area (Å²) in [5.41, 5.74) is 2.43. The lowest BCUT2D eigenvalue weighted by molar-refractivity contribution is 0.0930. The van der Waals surface area contributed by atoms with E-state index in [1.54, 1.807) is 11.3 Å². The van der Waals surface area contributed by atoms with Gasteiger partial charge in [0.2, 0.25) is 0 Å². The van der Waals surface area contributed by atoms with Gasteiger partial charge in [-0.2, -0.15) is 0 Å². The van der Waals surface area contributed by atoms with Gasteiger partial charge in [0.25, 0.3) is 5.91 Å². The van der Waals surface area contributed by atoms with Gasteiger partial charge in [-0.3, -0.25) is 4.79 Å². The summed E-state index contributed by atoms with van der Waals surface area (Å²) in [4.78, 5) is 14.1. The van der Waals surface area contributed by atoms with Gasteiger partial charge >= 0.3 is 0 Å². The number of rotatable bonds is 1. The van der Waals surface area contributed by atoms with Crippen LogP contribution in [0.5, 0.6) is 0 Å². The Morgan fingerprint density at radius 3 is 2.71 bits per heavy atom. The second kappa shape index (κ2) is 5.38. The van der Waals surface area contributed by atoms with Crippen molar-refractivity contribution in [2.45, 2.75) is 53.1 Å². The van der Waals surface area contributed by atoms with Crippen molar-refractivity contribution in [1.29, 1.82) is 0 Å². The van der Waals surface area contributed by atoms with Crippen molar-refractivity contribution in [2.75, 3.05) is 5.32 Å². The molecule has 0 saturated carbocycles. The molecule has 1 amide bonds. The van der Waals surface area contributed by atoms with Crippen molar-refractivity contribution >= 4 is 22.2 Å². The summed E-state index contributed by atoms with van der Waals surface area (Å²) in [5.74, 6) is 2.31. The first-order chi connectivity index (χ1) is 11.3. The van der Waals surface area contributed by atoms with Gasteiger partial charge in [-0.25, -0.2) is 0 Å². The first kappa shape index (κ1) is 15.8. The molecule has 1 aliphatic carbocycles. The molecule has 0 aromatic carbocycles. The number of carbonyl (C=O) groups excluding carboxylic acids is 1. The van der Waals surface area contributed by atoms with Crippen LogP contribution in [0.1, 0.15) is 65.7 Å². The highest BCUT2D eigenvalue weighted by molar-refractivity contribution is 7.16. The van der Waals surface area contributed by atoms with Crippen molar-refractivity contribution in [3.05, 3.63) is 39.7 Å². The Hall–Kier alpha value is -1.75. The molecule has 2 aliphatic rings. The predicted octanol–water partition coefficient (Wildman–Crippen LogP) is 4.65. The smallest absolute Gasteiger partial charge is 0.256 e. The van der Waals surface area contributed by atoms with Crippen LogP contribution in [0.2, 0.25) is 0 Å². The molecule has 0 spiro atoms. The van der Waals surface area contributed by atoms with Crippen molar-refractivity contribution in [2.24, 2.45) is 11.3 Å². The van der Waals surface area contributed by atoms with Gasteiger partial charge in [-0.1, -0.05) is 20.8 Å². The average Bonchev–Trinajstić information content (AvgIpc) is 3.08. The fraction of sp³-hybridized carbons (Fsp3) is 0.526. The Morgan fingerprint density at radius 2 is 2.04 bits per heavy atom. The second-order valence-corrected chi connectivity index (χ2v) is 9.12. The van der Waals surface area contributed by atoms with E-state index in [1.165, 1.54) is 10.4 Å². The predicted molar refractivity (Wildman–Crippen MR) is 96.6 cm³/mol. The molecule has 0 unspecified atom stereocenters. The van der Waals surface area contributed by atoms with E-state index in [1.807, 2.05) is 19.1 Å². The standard InChI is InChI=1S/C19H24N2O2S/c1-10-5-8-13(23-10)16-20-17(22)15-12-7-6-11(19(2,3)4)9-14(12)24-18(15)21-16/h5,8,11,16,21H,6-7,9H2,1-4H3,(H,20,22)/t11-,16+/m1/s1. The molecule has 24 heavy (non-hydrogen) atoms. The quantitative estimate of drug-likeness (QED) is 0.791. The van der Waals surface area contributed by atoms with Gasteiger partial charge in [0, 0.05) is 4.88 Å². The molecule has 128 valence electrons. The Bertz CT molecular complexity index is 797. The lowest BCUT2D eigenvalue weighted by Gasteiger charge is -2.34. The van der Waals surface area contributed by atoms with E-state index in [2.05, 4.69) is 31.4 Å².